The minimum Gasteiger partial charge on any atom is -0.396 e. The Balaban J connectivity index is 2.48. The second-order valence-corrected chi connectivity index (χ2v) is 7.78. The van der Waals surface area contributed by atoms with Crippen molar-refractivity contribution in [2.45, 2.75) is 36.9 Å². The van der Waals surface area contributed by atoms with E-state index in [2.05, 4.69) is 4.72 Å². The molecule has 0 aliphatic heterocycles. The molecule has 6 nitrogen and oxygen atoms in total. The van der Waals surface area contributed by atoms with Crippen LogP contribution in [-0.4, -0.2) is 50.1 Å². The van der Waals surface area contributed by atoms with Crippen LogP contribution in [0.25, 0.3) is 0 Å². The Hall–Kier alpha value is -0.960. The fourth-order valence-corrected chi connectivity index (χ4v) is 3.90. The summed E-state index contributed by atoms with van der Waals surface area (Å²) in [4.78, 5) is 13.7. The molecule has 0 atom stereocenters. The fraction of sp³-hybridized carbons (Fsp3) is 0.615. The summed E-state index contributed by atoms with van der Waals surface area (Å²) in [5, 5.41) is 10.5. The highest BCUT2D eigenvalue weighted by molar-refractivity contribution is 7.91. The molecule has 0 spiro atoms. The molecule has 1 aromatic heterocycles. The van der Waals surface area contributed by atoms with E-state index in [0.29, 0.717) is 13.0 Å². The minimum atomic E-state index is -3.52. The Labute approximate surface area is 129 Å². The van der Waals surface area contributed by atoms with Gasteiger partial charge in [-0.3, -0.25) is 4.79 Å². The second kappa shape index (κ2) is 8.47. The molecule has 8 heteroatoms. The fourth-order valence-electron chi connectivity index (χ4n) is 1.84. The lowest BCUT2D eigenvalue weighted by atomic mass is 10.2. The van der Waals surface area contributed by atoms with E-state index in [9.17, 15) is 13.2 Å². The first-order chi connectivity index (χ1) is 9.88. The number of hydrogen-bond donors (Lipinski definition) is 2. The van der Waals surface area contributed by atoms with Gasteiger partial charge in [-0.2, -0.15) is 0 Å². The van der Waals surface area contributed by atoms with Gasteiger partial charge in [0.25, 0.3) is 0 Å². The zero-order chi connectivity index (χ0) is 15.9. The first kappa shape index (κ1) is 18.1. The predicted octanol–water partition coefficient (Wildman–Crippen LogP) is 1.04. The molecule has 0 aromatic carbocycles. The van der Waals surface area contributed by atoms with Crippen LogP contribution in [0.15, 0.2) is 21.7 Å². The van der Waals surface area contributed by atoms with Gasteiger partial charge in [0.2, 0.25) is 15.9 Å². The van der Waals surface area contributed by atoms with E-state index in [4.69, 9.17) is 5.11 Å². The standard InChI is InChI=1S/C13H22N2O4S2/c1-11(2)15(8-4-9-16)12(17)6-7-14-21(18,19)13-5-3-10-20-13/h3,5,10-11,14,16H,4,6-9H2,1-2H3. The molecule has 0 unspecified atom stereocenters. The predicted molar refractivity (Wildman–Crippen MR) is 82.7 cm³/mol. The summed E-state index contributed by atoms with van der Waals surface area (Å²) in [6.45, 7) is 4.36. The van der Waals surface area contributed by atoms with Crippen molar-refractivity contribution in [1.29, 1.82) is 0 Å². The van der Waals surface area contributed by atoms with Crippen molar-refractivity contribution in [2.75, 3.05) is 19.7 Å². The highest BCUT2D eigenvalue weighted by Crippen LogP contribution is 2.15. The molecule has 21 heavy (non-hydrogen) atoms. The topological polar surface area (TPSA) is 86.7 Å². The number of rotatable bonds is 9. The van der Waals surface area contributed by atoms with Crippen molar-refractivity contribution in [3.05, 3.63) is 17.5 Å². The summed E-state index contributed by atoms with van der Waals surface area (Å²) in [7, 11) is -3.52. The largest absolute Gasteiger partial charge is 0.396 e. The summed E-state index contributed by atoms with van der Waals surface area (Å²) >= 11 is 1.14. The first-order valence-corrected chi connectivity index (χ1v) is 9.18. The smallest absolute Gasteiger partial charge is 0.250 e. The van der Waals surface area contributed by atoms with E-state index in [1.807, 2.05) is 13.8 Å². The average molecular weight is 334 g/mol. The Morgan fingerprint density at radius 3 is 2.71 bits per heavy atom. The van der Waals surface area contributed by atoms with Gasteiger partial charge in [0.1, 0.15) is 4.21 Å². The van der Waals surface area contributed by atoms with Gasteiger partial charge in [-0.1, -0.05) is 6.07 Å². The van der Waals surface area contributed by atoms with Gasteiger partial charge in [0.05, 0.1) is 0 Å². The summed E-state index contributed by atoms with van der Waals surface area (Å²) in [6.07, 6.45) is 0.624. The van der Waals surface area contributed by atoms with Crippen molar-refractivity contribution in [3.63, 3.8) is 0 Å². The molecule has 1 heterocycles. The molecule has 0 saturated carbocycles. The Bertz CT molecular complexity index is 526. The monoisotopic (exact) mass is 334 g/mol. The summed E-state index contributed by atoms with van der Waals surface area (Å²) < 4.78 is 26.5. The molecular weight excluding hydrogens is 312 g/mol. The van der Waals surface area contributed by atoms with Crippen LogP contribution in [0.5, 0.6) is 0 Å². The summed E-state index contributed by atoms with van der Waals surface area (Å²) in [6, 6.07) is 3.22. The van der Waals surface area contributed by atoms with Crippen molar-refractivity contribution in [1.82, 2.24) is 9.62 Å². The van der Waals surface area contributed by atoms with Gasteiger partial charge in [-0.25, -0.2) is 13.1 Å². The van der Waals surface area contributed by atoms with E-state index in [1.165, 1.54) is 6.07 Å². The normalized spacial score (nSPS) is 11.8. The number of thiophene rings is 1. The van der Waals surface area contributed by atoms with Gasteiger partial charge in [-0.05, 0) is 31.7 Å². The molecule has 0 fully saturated rings. The lowest BCUT2D eigenvalue weighted by Crippen LogP contribution is -2.39. The van der Waals surface area contributed by atoms with E-state index in [1.54, 1.807) is 16.3 Å². The molecule has 0 radical (unpaired) electrons. The molecule has 0 aliphatic rings. The Kier molecular flexibility index (Phi) is 7.30. The first-order valence-electron chi connectivity index (χ1n) is 6.82. The van der Waals surface area contributed by atoms with Crippen molar-refractivity contribution >= 4 is 27.3 Å². The van der Waals surface area contributed by atoms with Gasteiger partial charge in [0.15, 0.2) is 0 Å². The number of carbonyl (C=O) groups excluding carboxylic acids is 1. The van der Waals surface area contributed by atoms with Crippen LogP contribution >= 0.6 is 11.3 Å². The number of aliphatic hydroxyl groups is 1. The van der Waals surface area contributed by atoms with E-state index < -0.39 is 10.0 Å². The van der Waals surface area contributed by atoms with Crippen LogP contribution in [0.1, 0.15) is 26.7 Å². The molecule has 1 amide bonds. The minimum absolute atomic E-state index is 0.0259. The zero-order valence-corrected chi connectivity index (χ0v) is 13.9. The lowest BCUT2D eigenvalue weighted by Gasteiger charge is -2.26. The van der Waals surface area contributed by atoms with Gasteiger partial charge in [-0.15, -0.1) is 11.3 Å². The van der Waals surface area contributed by atoms with E-state index in [-0.39, 0.29) is 35.7 Å². The second-order valence-electron chi connectivity index (χ2n) is 4.84. The van der Waals surface area contributed by atoms with Gasteiger partial charge in [0, 0.05) is 32.2 Å². The molecule has 1 aromatic rings. The zero-order valence-electron chi connectivity index (χ0n) is 12.3. The third-order valence-electron chi connectivity index (χ3n) is 2.89. The van der Waals surface area contributed by atoms with Crippen molar-refractivity contribution in [3.8, 4) is 0 Å². The average Bonchev–Trinajstić information content (AvgIpc) is 2.93. The molecule has 120 valence electrons. The van der Waals surface area contributed by atoms with Crippen LogP contribution in [0.4, 0.5) is 0 Å². The molecule has 2 N–H and O–H groups in total. The molecular formula is C13H22N2O4S2. The number of carbonyl (C=O) groups is 1. The highest BCUT2D eigenvalue weighted by atomic mass is 32.2. The highest BCUT2D eigenvalue weighted by Gasteiger charge is 2.18. The molecule has 0 bridgehead atoms. The number of nitrogens with zero attached hydrogens (tertiary/aromatic N) is 1. The molecule has 0 aliphatic carbocycles. The van der Waals surface area contributed by atoms with E-state index >= 15 is 0 Å². The van der Waals surface area contributed by atoms with Crippen molar-refractivity contribution in [2.24, 2.45) is 0 Å². The van der Waals surface area contributed by atoms with Crippen LogP contribution in [0, 0.1) is 0 Å². The summed E-state index contributed by atoms with van der Waals surface area (Å²) in [5.41, 5.74) is 0. The Morgan fingerprint density at radius 2 is 2.19 bits per heavy atom. The third-order valence-corrected chi connectivity index (χ3v) is 5.75. The Morgan fingerprint density at radius 1 is 1.48 bits per heavy atom. The van der Waals surface area contributed by atoms with Crippen LogP contribution in [0.3, 0.4) is 0 Å². The number of sulfonamides is 1. The third kappa shape index (κ3) is 5.74. The van der Waals surface area contributed by atoms with Crippen LogP contribution in [0.2, 0.25) is 0 Å². The number of hydrogen-bond acceptors (Lipinski definition) is 5. The van der Waals surface area contributed by atoms with Gasteiger partial charge < -0.3 is 10.0 Å². The van der Waals surface area contributed by atoms with Crippen molar-refractivity contribution < 1.29 is 18.3 Å². The maximum absolute atomic E-state index is 12.1. The lowest BCUT2D eigenvalue weighted by molar-refractivity contribution is -0.132. The van der Waals surface area contributed by atoms with Crippen LogP contribution in [-0.2, 0) is 14.8 Å². The SMILES string of the molecule is CC(C)N(CCCO)C(=O)CCNS(=O)(=O)c1cccs1. The maximum Gasteiger partial charge on any atom is 0.250 e. The maximum atomic E-state index is 12.1. The molecule has 1 rings (SSSR count). The van der Waals surface area contributed by atoms with Gasteiger partial charge >= 0.3 is 0 Å². The quantitative estimate of drug-likeness (QED) is 0.706. The summed E-state index contributed by atoms with van der Waals surface area (Å²) in [5.74, 6) is -0.118. The number of amides is 1. The number of nitrogens with one attached hydrogen (secondary N) is 1. The molecule has 0 saturated heterocycles. The van der Waals surface area contributed by atoms with Crippen LogP contribution < -0.4 is 4.72 Å². The van der Waals surface area contributed by atoms with E-state index in [0.717, 1.165) is 11.3 Å². The number of aliphatic hydroxyl groups excluding tert-OH is 1.